The van der Waals surface area contributed by atoms with Gasteiger partial charge in [-0.15, -0.1) is 0 Å². The molecule has 0 radical (unpaired) electrons. The van der Waals surface area contributed by atoms with Gasteiger partial charge >= 0.3 is 0 Å². The molecule has 0 atom stereocenters. The molecule has 2 N–H and O–H groups in total. The van der Waals surface area contributed by atoms with Crippen LogP contribution in [0.25, 0.3) is 0 Å². The van der Waals surface area contributed by atoms with Crippen LogP contribution < -0.4 is 15.5 Å². The quantitative estimate of drug-likeness (QED) is 0.823. The van der Waals surface area contributed by atoms with E-state index in [4.69, 9.17) is 4.74 Å². The molecule has 0 fully saturated rings. The van der Waals surface area contributed by atoms with Gasteiger partial charge in [-0.05, 0) is 11.5 Å². The van der Waals surface area contributed by atoms with Gasteiger partial charge in [0.25, 0.3) is 0 Å². The van der Waals surface area contributed by atoms with E-state index in [0.29, 0.717) is 30.4 Å². The Morgan fingerprint density at radius 1 is 1.26 bits per heavy atom. The Morgan fingerprint density at radius 3 is 2.65 bits per heavy atom. The second-order valence-electron chi connectivity index (χ2n) is 5.83. The number of aromatic amines is 1. The molecule has 0 saturated carbocycles. The van der Waals surface area contributed by atoms with Gasteiger partial charge in [0.15, 0.2) is 5.75 Å². The maximum absolute atomic E-state index is 11.9. The number of carbonyl (C=O) groups excluding carboxylic acids is 1. The first kappa shape index (κ1) is 16.8. The SMILES string of the molecule is CC(C)COc1c[nH]c(CNC(=O)Cc2ccccc2)cc1=O. The molecule has 0 spiro atoms. The largest absolute Gasteiger partial charge is 0.488 e. The van der Waals surface area contributed by atoms with E-state index in [9.17, 15) is 9.59 Å². The van der Waals surface area contributed by atoms with Crippen LogP contribution in [-0.2, 0) is 17.8 Å². The van der Waals surface area contributed by atoms with E-state index in [2.05, 4.69) is 10.3 Å². The Kier molecular flexibility index (Phi) is 5.97. The molecule has 2 aromatic rings. The van der Waals surface area contributed by atoms with Crippen molar-refractivity contribution in [3.05, 3.63) is 64.1 Å². The molecule has 23 heavy (non-hydrogen) atoms. The van der Waals surface area contributed by atoms with Crippen LogP contribution in [-0.4, -0.2) is 17.5 Å². The van der Waals surface area contributed by atoms with Gasteiger partial charge in [0.1, 0.15) is 0 Å². The van der Waals surface area contributed by atoms with Crippen LogP contribution in [0.1, 0.15) is 25.1 Å². The molecule has 1 amide bonds. The third-order valence-electron chi connectivity index (χ3n) is 3.19. The van der Waals surface area contributed by atoms with Crippen molar-refractivity contribution in [2.24, 2.45) is 5.92 Å². The third kappa shape index (κ3) is 5.62. The fourth-order valence-electron chi connectivity index (χ4n) is 2.01. The Balaban J connectivity index is 1.87. The van der Waals surface area contributed by atoms with E-state index in [1.807, 2.05) is 44.2 Å². The van der Waals surface area contributed by atoms with E-state index < -0.39 is 0 Å². The van der Waals surface area contributed by atoms with E-state index in [1.165, 1.54) is 6.07 Å². The summed E-state index contributed by atoms with van der Waals surface area (Å²) in [5.74, 6) is 0.571. The summed E-state index contributed by atoms with van der Waals surface area (Å²) in [7, 11) is 0. The Labute approximate surface area is 135 Å². The fourth-order valence-corrected chi connectivity index (χ4v) is 2.01. The molecule has 122 valence electrons. The van der Waals surface area contributed by atoms with Gasteiger partial charge in [-0.25, -0.2) is 0 Å². The lowest BCUT2D eigenvalue weighted by Crippen LogP contribution is -2.25. The van der Waals surface area contributed by atoms with Crippen molar-refractivity contribution >= 4 is 5.91 Å². The molecular weight excluding hydrogens is 292 g/mol. The number of hydrogen-bond donors (Lipinski definition) is 2. The lowest BCUT2D eigenvalue weighted by Gasteiger charge is -2.09. The summed E-state index contributed by atoms with van der Waals surface area (Å²) in [5.41, 5.74) is 1.42. The first-order valence-corrected chi connectivity index (χ1v) is 7.69. The number of benzene rings is 1. The molecule has 0 unspecified atom stereocenters. The van der Waals surface area contributed by atoms with Gasteiger partial charge in [0.05, 0.1) is 19.6 Å². The third-order valence-corrected chi connectivity index (χ3v) is 3.19. The maximum Gasteiger partial charge on any atom is 0.224 e. The minimum absolute atomic E-state index is 0.0859. The second-order valence-corrected chi connectivity index (χ2v) is 5.83. The Morgan fingerprint density at radius 2 is 2.00 bits per heavy atom. The summed E-state index contributed by atoms with van der Waals surface area (Å²) in [5, 5.41) is 2.79. The van der Waals surface area contributed by atoms with Crippen LogP contribution >= 0.6 is 0 Å². The number of nitrogens with one attached hydrogen (secondary N) is 2. The van der Waals surface area contributed by atoms with Gasteiger partial charge in [-0.3, -0.25) is 9.59 Å². The number of aromatic nitrogens is 1. The number of H-pyrrole nitrogens is 1. The van der Waals surface area contributed by atoms with Gasteiger partial charge in [-0.1, -0.05) is 44.2 Å². The number of carbonyl (C=O) groups is 1. The minimum Gasteiger partial charge on any atom is -0.488 e. The van der Waals surface area contributed by atoms with Crippen molar-refractivity contribution in [1.29, 1.82) is 0 Å². The molecule has 0 aliphatic carbocycles. The highest BCUT2D eigenvalue weighted by Gasteiger charge is 2.06. The molecule has 1 heterocycles. The van der Waals surface area contributed by atoms with Crippen molar-refractivity contribution in [3.63, 3.8) is 0 Å². The second kappa shape index (κ2) is 8.17. The van der Waals surface area contributed by atoms with Crippen LogP contribution in [0, 0.1) is 5.92 Å². The van der Waals surface area contributed by atoms with E-state index in [1.54, 1.807) is 6.20 Å². The molecule has 0 saturated heterocycles. The molecule has 1 aromatic carbocycles. The summed E-state index contributed by atoms with van der Waals surface area (Å²) >= 11 is 0. The van der Waals surface area contributed by atoms with Gasteiger partial charge in [0.2, 0.25) is 11.3 Å². The van der Waals surface area contributed by atoms with E-state index >= 15 is 0 Å². The predicted octanol–water partition coefficient (Wildman–Crippen LogP) is 2.27. The zero-order valence-electron chi connectivity index (χ0n) is 13.5. The summed E-state index contributed by atoms with van der Waals surface area (Å²) < 4.78 is 5.43. The van der Waals surface area contributed by atoms with Crippen molar-refractivity contribution in [2.75, 3.05) is 6.61 Å². The predicted molar refractivity (Wildman–Crippen MR) is 89.4 cm³/mol. The number of ether oxygens (including phenoxy) is 1. The van der Waals surface area contributed by atoms with Crippen LogP contribution in [0.2, 0.25) is 0 Å². The zero-order chi connectivity index (χ0) is 16.7. The average Bonchev–Trinajstić information content (AvgIpc) is 2.53. The average molecular weight is 314 g/mol. The van der Waals surface area contributed by atoms with Gasteiger partial charge in [0, 0.05) is 18.0 Å². The van der Waals surface area contributed by atoms with Crippen LogP contribution in [0.3, 0.4) is 0 Å². The molecule has 5 heteroatoms. The number of pyridine rings is 1. The minimum atomic E-state index is -0.184. The molecular formula is C18H22N2O3. The standard InChI is InChI=1S/C18H22N2O3/c1-13(2)12-23-17-11-19-15(9-16(17)21)10-20-18(22)8-14-6-4-3-5-7-14/h3-7,9,11,13H,8,10,12H2,1-2H3,(H,19,21)(H,20,22). The summed E-state index contributed by atoms with van der Waals surface area (Å²) in [6.07, 6.45) is 1.87. The monoisotopic (exact) mass is 314 g/mol. The van der Waals surface area contributed by atoms with Crippen molar-refractivity contribution in [2.45, 2.75) is 26.8 Å². The van der Waals surface area contributed by atoms with Crippen molar-refractivity contribution < 1.29 is 9.53 Å². The topological polar surface area (TPSA) is 71.2 Å². The maximum atomic E-state index is 11.9. The molecule has 0 aliphatic heterocycles. The first-order valence-electron chi connectivity index (χ1n) is 7.69. The number of amides is 1. The van der Waals surface area contributed by atoms with E-state index in [0.717, 1.165) is 5.56 Å². The molecule has 0 bridgehead atoms. The first-order chi connectivity index (χ1) is 11.0. The normalized spacial score (nSPS) is 10.6. The highest BCUT2D eigenvalue weighted by Crippen LogP contribution is 2.05. The summed E-state index contributed by atoms with van der Waals surface area (Å²) in [4.78, 5) is 26.8. The Hall–Kier alpha value is -2.56. The number of hydrogen-bond acceptors (Lipinski definition) is 3. The lowest BCUT2D eigenvalue weighted by atomic mass is 10.1. The molecule has 2 rings (SSSR count). The molecule has 0 aliphatic rings. The summed E-state index contributed by atoms with van der Waals surface area (Å²) in [6.45, 7) is 4.82. The summed E-state index contributed by atoms with van der Waals surface area (Å²) in [6, 6.07) is 11.0. The van der Waals surface area contributed by atoms with E-state index in [-0.39, 0.29) is 17.9 Å². The van der Waals surface area contributed by atoms with Gasteiger partial charge in [-0.2, -0.15) is 0 Å². The zero-order valence-corrected chi connectivity index (χ0v) is 13.5. The molecule has 1 aromatic heterocycles. The number of rotatable bonds is 7. The Bertz CT molecular complexity index is 693. The van der Waals surface area contributed by atoms with Crippen LogP contribution in [0.5, 0.6) is 5.75 Å². The van der Waals surface area contributed by atoms with Crippen molar-refractivity contribution in [3.8, 4) is 5.75 Å². The lowest BCUT2D eigenvalue weighted by molar-refractivity contribution is -0.120. The van der Waals surface area contributed by atoms with Crippen LogP contribution in [0.15, 0.2) is 47.4 Å². The smallest absolute Gasteiger partial charge is 0.224 e. The fraction of sp³-hybridized carbons (Fsp3) is 0.333. The van der Waals surface area contributed by atoms with Crippen LogP contribution in [0.4, 0.5) is 0 Å². The van der Waals surface area contributed by atoms with Gasteiger partial charge < -0.3 is 15.0 Å². The highest BCUT2D eigenvalue weighted by atomic mass is 16.5. The highest BCUT2D eigenvalue weighted by molar-refractivity contribution is 5.78. The molecule has 5 nitrogen and oxygen atoms in total. The van der Waals surface area contributed by atoms with Crippen molar-refractivity contribution in [1.82, 2.24) is 10.3 Å².